The number of aryl methyl sites for hydroxylation is 1. The van der Waals surface area contributed by atoms with E-state index >= 15 is 0 Å². The van der Waals surface area contributed by atoms with Crippen LogP contribution in [0.2, 0.25) is 5.02 Å². The lowest BCUT2D eigenvalue weighted by Crippen LogP contribution is -2.38. The molecule has 140 valence electrons. The molecule has 0 saturated carbocycles. The van der Waals surface area contributed by atoms with Gasteiger partial charge < -0.3 is 4.57 Å². The SMILES string of the molecule is Cn1c(=O)c2c(ncn2CC(=O)NN=Cc2c(F)cccc2Cl)n(C)c1=O. The molecule has 0 bridgehead atoms. The highest BCUT2D eigenvalue weighted by Gasteiger charge is 2.15. The molecular formula is C16H14ClFN6O3. The maximum atomic E-state index is 13.6. The molecule has 0 spiro atoms. The molecule has 0 atom stereocenters. The summed E-state index contributed by atoms with van der Waals surface area (Å²) in [6.07, 6.45) is 2.37. The van der Waals surface area contributed by atoms with E-state index in [1.807, 2.05) is 0 Å². The molecule has 2 aromatic heterocycles. The van der Waals surface area contributed by atoms with E-state index in [0.29, 0.717) is 0 Å². The molecule has 0 aliphatic rings. The first kappa shape index (κ1) is 18.5. The number of fused-ring (bicyclic) bond motifs is 1. The molecule has 0 unspecified atom stereocenters. The molecule has 1 amide bonds. The first-order valence-corrected chi connectivity index (χ1v) is 8.06. The Hall–Kier alpha value is -3.27. The molecule has 9 nitrogen and oxygen atoms in total. The van der Waals surface area contributed by atoms with Crippen LogP contribution in [0, 0.1) is 5.82 Å². The van der Waals surface area contributed by atoms with Crippen LogP contribution in [0.3, 0.4) is 0 Å². The first-order valence-electron chi connectivity index (χ1n) is 7.68. The largest absolute Gasteiger partial charge is 0.332 e. The van der Waals surface area contributed by atoms with E-state index in [1.54, 1.807) is 0 Å². The summed E-state index contributed by atoms with van der Waals surface area (Å²) in [6.45, 7) is -0.272. The Morgan fingerprint density at radius 1 is 1.33 bits per heavy atom. The van der Waals surface area contributed by atoms with Crippen molar-refractivity contribution in [3.63, 3.8) is 0 Å². The van der Waals surface area contributed by atoms with Gasteiger partial charge >= 0.3 is 5.69 Å². The number of benzene rings is 1. The number of hydrazone groups is 1. The minimum absolute atomic E-state index is 0.0383. The fraction of sp³-hybridized carbons (Fsp3) is 0.188. The fourth-order valence-corrected chi connectivity index (χ4v) is 2.72. The number of halogens is 2. The zero-order chi connectivity index (χ0) is 19.7. The molecule has 11 heteroatoms. The monoisotopic (exact) mass is 392 g/mol. The van der Waals surface area contributed by atoms with Crippen LogP contribution in [-0.2, 0) is 25.4 Å². The minimum atomic E-state index is -0.578. The summed E-state index contributed by atoms with van der Waals surface area (Å²) >= 11 is 5.86. The summed E-state index contributed by atoms with van der Waals surface area (Å²) in [7, 11) is 2.81. The van der Waals surface area contributed by atoms with Gasteiger partial charge in [0.05, 0.1) is 17.6 Å². The summed E-state index contributed by atoms with van der Waals surface area (Å²) in [6, 6.07) is 4.16. The Kier molecular flexibility index (Phi) is 4.91. The average Bonchev–Trinajstić information content (AvgIpc) is 3.04. The van der Waals surface area contributed by atoms with Crippen LogP contribution in [0.15, 0.2) is 39.2 Å². The van der Waals surface area contributed by atoms with Gasteiger partial charge in [-0.25, -0.2) is 19.6 Å². The van der Waals surface area contributed by atoms with Crippen LogP contribution in [0.1, 0.15) is 5.56 Å². The molecule has 0 saturated heterocycles. The van der Waals surface area contributed by atoms with Crippen LogP contribution in [0.5, 0.6) is 0 Å². The molecule has 27 heavy (non-hydrogen) atoms. The van der Waals surface area contributed by atoms with E-state index in [4.69, 9.17) is 11.6 Å². The molecule has 1 aromatic carbocycles. The van der Waals surface area contributed by atoms with Crippen molar-refractivity contribution in [1.29, 1.82) is 0 Å². The Morgan fingerprint density at radius 3 is 2.78 bits per heavy atom. The normalized spacial score (nSPS) is 11.4. The van der Waals surface area contributed by atoms with E-state index in [1.165, 1.54) is 47.8 Å². The minimum Gasteiger partial charge on any atom is -0.315 e. The Morgan fingerprint density at radius 2 is 2.07 bits per heavy atom. The quantitative estimate of drug-likeness (QED) is 0.512. The molecule has 3 rings (SSSR count). The summed E-state index contributed by atoms with van der Waals surface area (Å²) in [5.41, 5.74) is 1.45. The van der Waals surface area contributed by atoms with Gasteiger partial charge in [-0.2, -0.15) is 5.10 Å². The van der Waals surface area contributed by atoms with Crippen LogP contribution in [-0.4, -0.2) is 30.8 Å². The highest BCUT2D eigenvalue weighted by atomic mass is 35.5. The lowest BCUT2D eigenvalue weighted by Gasteiger charge is -2.06. The second-order valence-electron chi connectivity index (χ2n) is 5.68. The number of carbonyl (C=O) groups excluding carboxylic acids is 1. The fourth-order valence-electron chi connectivity index (χ4n) is 2.51. The molecule has 0 aliphatic heterocycles. The van der Waals surface area contributed by atoms with Crippen molar-refractivity contribution in [3.8, 4) is 0 Å². The number of imidazole rings is 1. The molecule has 0 fully saturated rings. The Labute approximate surface area is 156 Å². The van der Waals surface area contributed by atoms with Gasteiger partial charge in [0.15, 0.2) is 11.2 Å². The summed E-state index contributed by atoms with van der Waals surface area (Å²) in [4.78, 5) is 40.3. The van der Waals surface area contributed by atoms with Crippen LogP contribution in [0.25, 0.3) is 11.2 Å². The van der Waals surface area contributed by atoms with E-state index < -0.39 is 23.0 Å². The van der Waals surface area contributed by atoms with Gasteiger partial charge in [0.2, 0.25) is 0 Å². The van der Waals surface area contributed by atoms with E-state index in [9.17, 15) is 18.8 Å². The van der Waals surface area contributed by atoms with E-state index in [-0.39, 0.29) is 28.3 Å². The van der Waals surface area contributed by atoms with Gasteiger partial charge in [-0.1, -0.05) is 17.7 Å². The second-order valence-corrected chi connectivity index (χ2v) is 6.09. The van der Waals surface area contributed by atoms with Gasteiger partial charge in [0.1, 0.15) is 12.4 Å². The van der Waals surface area contributed by atoms with Crippen molar-refractivity contribution >= 4 is 34.9 Å². The van der Waals surface area contributed by atoms with Gasteiger partial charge in [0, 0.05) is 19.7 Å². The zero-order valence-corrected chi connectivity index (χ0v) is 15.1. The van der Waals surface area contributed by atoms with E-state index in [0.717, 1.165) is 10.8 Å². The Balaban J connectivity index is 1.82. The number of amides is 1. The summed E-state index contributed by atoms with van der Waals surface area (Å²) < 4.78 is 17.1. The number of rotatable bonds is 4. The second kappa shape index (κ2) is 7.16. The molecule has 3 aromatic rings. The average molecular weight is 393 g/mol. The molecule has 0 aliphatic carbocycles. The van der Waals surface area contributed by atoms with Gasteiger partial charge in [-0.05, 0) is 12.1 Å². The zero-order valence-electron chi connectivity index (χ0n) is 14.3. The predicted octanol–water partition coefficient (Wildman–Crippen LogP) is 0.377. The molecular weight excluding hydrogens is 379 g/mol. The summed E-state index contributed by atoms with van der Waals surface area (Å²) in [5.74, 6) is -1.15. The van der Waals surface area contributed by atoms with Gasteiger partial charge in [-0.15, -0.1) is 0 Å². The molecule has 2 heterocycles. The molecule has 0 radical (unpaired) electrons. The lowest BCUT2D eigenvalue weighted by molar-refractivity contribution is -0.121. The highest BCUT2D eigenvalue weighted by molar-refractivity contribution is 6.33. The molecule has 1 N–H and O–H groups in total. The van der Waals surface area contributed by atoms with Crippen LogP contribution in [0.4, 0.5) is 4.39 Å². The topological polar surface area (TPSA) is 103 Å². The van der Waals surface area contributed by atoms with Crippen molar-refractivity contribution in [2.75, 3.05) is 0 Å². The van der Waals surface area contributed by atoms with Crippen LogP contribution >= 0.6 is 11.6 Å². The van der Waals surface area contributed by atoms with Crippen molar-refractivity contribution in [1.82, 2.24) is 24.1 Å². The Bertz CT molecular complexity index is 1170. The highest BCUT2D eigenvalue weighted by Crippen LogP contribution is 2.16. The third kappa shape index (κ3) is 3.38. The van der Waals surface area contributed by atoms with Gasteiger partial charge in [0.25, 0.3) is 11.5 Å². The third-order valence-electron chi connectivity index (χ3n) is 3.91. The standard InChI is InChI=1S/C16H14ClFN6O3/c1-22-14-13(15(26)23(2)16(22)27)24(8-19-14)7-12(25)21-20-6-9-10(17)4-3-5-11(9)18/h3-6,8H,7H2,1-2H3,(H,21,25). The van der Waals surface area contributed by atoms with Gasteiger partial charge in [-0.3, -0.25) is 18.7 Å². The number of hydrogen-bond acceptors (Lipinski definition) is 5. The van der Waals surface area contributed by atoms with Crippen molar-refractivity contribution < 1.29 is 9.18 Å². The van der Waals surface area contributed by atoms with E-state index in [2.05, 4.69) is 15.5 Å². The first-order chi connectivity index (χ1) is 12.8. The number of carbonyl (C=O) groups is 1. The van der Waals surface area contributed by atoms with Crippen LogP contribution < -0.4 is 16.7 Å². The number of nitrogens with zero attached hydrogens (tertiary/aromatic N) is 5. The van der Waals surface area contributed by atoms with Crippen molar-refractivity contribution in [2.24, 2.45) is 19.2 Å². The smallest absolute Gasteiger partial charge is 0.315 e. The van der Waals surface area contributed by atoms with Crippen molar-refractivity contribution in [3.05, 3.63) is 61.8 Å². The summed E-state index contributed by atoms with van der Waals surface area (Å²) in [5, 5.41) is 3.83. The number of nitrogens with one attached hydrogen (secondary N) is 1. The maximum absolute atomic E-state index is 13.6. The number of aromatic nitrogens is 4. The van der Waals surface area contributed by atoms with Crippen molar-refractivity contribution in [2.45, 2.75) is 6.54 Å². The maximum Gasteiger partial charge on any atom is 0.332 e. The predicted molar refractivity (Wildman–Crippen MR) is 97.4 cm³/mol. The third-order valence-corrected chi connectivity index (χ3v) is 4.24. The lowest BCUT2D eigenvalue weighted by atomic mass is 10.2. The number of hydrogen-bond donors (Lipinski definition) is 1.